The van der Waals surface area contributed by atoms with Gasteiger partial charge in [0.25, 0.3) is 0 Å². The highest BCUT2D eigenvalue weighted by atomic mass is 35.5. The molecule has 1 aliphatic heterocycles. The van der Waals surface area contributed by atoms with Crippen LogP contribution in [0.5, 0.6) is 0 Å². The van der Waals surface area contributed by atoms with Crippen molar-refractivity contribution in [3.8, 4) is 11.4 Å². The molecule has 28 heavy (non-hydrogen) atoms. The number of carbonyl (C=O) groups excluding carboxylic acids is 1. The van der Waals surface area contributed by atoms with Crippen LogP contribution in [0.4, 0.5) is 0 Å². The lowest BCUT2D eigenvalue weighted by molar-refractivity contribution is 0.100. The van der Waals surface area contributed by atoms with Crippen molar-refractivity contribution < 1.29 is 4.79 Å². The summed E-state index contributed by atoms with van der Waals surface area (Å²) in [7, 11) is 0. The van der Waals surface area contributed by atoms with Crippen molar-refractivity contribution in [2.45, 2.75) is 18.3 Å². The molecule has 0 bridgehead atoms. The van der Waals surface area contributed by atoms with E-state index in [9.17, 15) is 4.79 Å². The lowest BCUT2D eigenvalue weighted by atomic mass is 9.70. The van der Waals surface area contributed by atoms with Crippen LogP contribution >= 0.6 is 11.6 Å². The number of nitrogens with zero attached hydrogens (tertiary/aromatic N) is 2. The van der Waals surface area contributed by atoms with Gasteiger partial charge in [-0.2, -0.15) is 0 Å². The van der Waals surface area contributed by atoms with Crippen LogP contribution < -0.4 is 11.1 Å². The number of piperidine rings is 1. The fourth-order valence-electron chi connectivity index (χ4n) is 3.91. The normalized spacial score (nSPS) is 15.9. The first-order valence-electron chi connectivity index (χ1n) is 9.30. The summed E-state index contributed by atoms with van der Waals surface area (Å²) in [5.74, 6) is 0.173. The standard InChI is InChI=1S/C22H21ClN4O/c23-18-4-2-1-3-17(18)22(10-13-25-14-11-22)19-9-12-26-21(27-19)16-7-5-15(6-8-16)20(24)28/h1-9,12,25H,10-11,13-14H2,(H2,24,28). The molecule has 4 rings (SSSR count). The summed E-state index contributed by atoms with van der Waals surface area (Å²) in [5, 5.41) is 4.19. The van der Waals surface area contributed by atoms with Crippen molar-refractivity contribution >= 4 is 17.5 Å². The van der Waals surface area contributed by atoms with Gasteiger partial charge in [0, 0.05) is 27.8 Å². The molecular formula is C22H21ClN4O. The monoisotopic (exact) mass is 392 g/mol. The molecule has 142 valence electrons. The summed E-state index contributed by atoms with van der Waals surface area (Å²) < 4.78 is 0. The molecule has 5 nitrogen and oxygen atoms in total. The van der Waals surface area contributed by atoms with Gasteiger partial charge in [0.15, 0.2) is 5.82 Å². The average molecular weight is 393 g/mol. The van der Waals surface area contributed by atoms with E-state index in [2.05, 4.69) is 16.4 Å². The van der Waals surface area contributed by atoms with Crippen molar-refractivity contribution in [1.82, 2.24) is 15.3 Å². The number of hydrogen-bond acceptors (Lipinski definition) is 4. The topological polar surface area (TPSA) is 80.9 Å². The maximum Gasteiger partial charge on any atom is 0.248 e. The number of amides is 1. The molecule has 0 aliphatic carbocycles. The Balaban J connectivity index is 1.79. The van der Waals surface area contributed by atoms with Gasteiger partial charge in [-0.3, -0.25) is 4.79 Å². The van der Waals surface area contributed by atoms with E-state index in [1.807, 2.05) is 36.4 Å². The Kier molecular flexibility index (Phi) is 5.11. The summed E-state index contributed by atoms with van der Waals surface area (Å²) in [6.07, 6.45) is 3.61. The number of hydrogen-bond donors (Lipinski definition) is 2. The molecular weight excluding hydrogens is 372 g/mol. The maximum absolute atomic E-state index is 11.3. The Morgan fingerprint density at radius 3 is 2.43 bits per heavy atom. The van der Waals surface area contributed by atoms with Gasteiger partial charge in [-0.25, -0.2) is 9.97 Å². The Bertz CT molecular complexity index is 997. The van der Waals surface area contributed by atoms with Crippen LogP contribution in [0.15, 0.2) is 60.8 Å². The molecule has 0 saturated carbocycles. The molecule has 0 radical (unpaired) electrons. The van der Waals surface area contributed by atoms with E-state index in [1.54, 1.807) is 18.3 Å². The molecule has 3 N–H and O–H groups in total. The van der Waals surface area contributed by atoms with E-state index in [4.69, 9.17) is 22.3 Å². The van der Waals surface area contributed by atoms with E-state index in [1.165, 1.54) is 0 Å². The Morgan fingerprint density at radius 1 is 1.04 bits per heavy atom. The number of carbonyl (C=O) groups is 1. The zero-order chi connectivity index (χ0) is 19.6. The zero-order valence-corrected chi connectivity index (χ0v) is 16.1. The van der Waals surface area contributed by atoms with Gasteiger partial charge in [0.05, 0.1) is 5.69 Å². The highest BCUT2D eigenvalue weighted by Gasteiger charge is 2.38. The summed E-state index contributed by atoms with van der Waals surface area (Å²) in [6, 6.07) is 17.0. The maximum atomic E-state index is 11.3. The number of rotatable bonds is 4. The molecule has 0 atom stereocenters. The predicted molar refractivity (Wildman–Crippen MR) is 110 cm³/mol. The fraction of sp³-hybridized carbons (Fsp3) is 0.227. The number of aromatic nitrogens is 2. The third kappa shape index (κ3) is 3.39. The third-order valence-corrected chi connectivity index (χ3v) is 5.75. The number of primary amides is 1. The van der Waals surface area contributed by atoms with Crippen LogP contribution in [0.2, 0.25) is 5.02 Å². The minimum absolute atomic E-state index is 0.256. The van der Waals surface area contributed by atoms with Crippen molar-refractivity contribution in [3.63, 3.8) is 0 Å². The number of halogens is 1. The molecule has 0 unspecified atom stereocenters. The van der Waals surface area contributed by atoms with Crippen LogP contribution in [-0.2, 0) is 5.41 Å². The van der Waals surface area contributed by atoms with Gasteiger partial charge in [-0.05, 0) is 55.8 Å². The highest BCUT2D eigenvalue weighted by molar-refractivity contribution is 6.31. The van der Waals surface area contributed by atoms with Gasteiger partial charge < -0.3 is 11.1 Å². The molecule has 0 spiro atoms. The SMILES string of the molecule is NC(=O)c1ccc(-c2nccc(C3(c4ccccc4Cl)CCNCC3)n2)cc1. The Morgan fingerprint density at radius 2 is 1.75 bits per heavy atom. The quantitative estimate of drug-likeness (QED) is 0.711. The first kappa shape index (κ1) is 18.6. The fourth-order valence-corrected chi connectivity index (χ4v) is 4.23. The zero-order valence-electron chi connectivity index (χ0n) is 15.4. The average Bonchev–Trinajstić information content (AvgIpc) is 2.75. The van der Waals surface area contributed by atoms with Crippen LogP contribution in [0.25, 0.3) is 11.4 Å². The van der Waals surface area contributed by atoms with Crippen LogP contribution in [0, 0.1) is 0 Å². The van der Waals surface area contributed by atoms with E-state index >= 15 is 0 Å². The number of benzene rings is 2. The second kappa shape index (κ2) is 7.70. The Hall–Kier alpha value is -2.76. The van der Waals surface area contributed by atoms with E-state index in [0.717, 1.165) is 47.8 Å². The largest absolute Gasteiger partial charge is 0.366 e. The molecule has 1 amide bonds. The van der Waals surface area contributed by atoms with Crippen molar-refractivity contribution in [2.75, 3.05) is 13.1 Å². The minimum Gasteiger partial charge on any atom is -0.366 e. The smallest absolute Gasteiger partial charge is 0.248 e. The van der Waals surface area contributed by atoms with Crippen LogP contribution in [0.3, 0.4) is 0 Å². The lowest BCUT2D eigenvalue weighted by Crippen LogP contribution is -2.41. The number of nitrogens with one attached hydrogen (secondary N) is 1. The number of nitrogens with two attached hydrogens (primary N) is 1. The van der Waals surface area contributed by atoms with Crippen molar-refractivity contribution in [2.24, 2.45) is 5.73 Å². The Labute approximate surface area is 169 Å². The third-order valence-electron chi connectivity index (χ3n) is 5.42. The first-order valence-corrected chi connectivity index (χ1v) is 9.67. The highest BCUT2D eigenvalue weighted by Crippen LogP contribution is 2.42. The van der Waals surface area contributed by atoms with Gasteiger partial charge in [0.2, 0.25) is 5.91 Å². The van der Waals surface area contributed by atoms with Gasteiger partial charge >= 0.3 is 0 Å². The minimum atomic E-state index is -0.450. The van der Waals surface area contributed by atoms with E-state index < -0.39 is 5.91 Å². The van der Waals surface area contributed by atoms with Gasteiger partial charge in [-0.1, -0.05) is 41.9 Å². The summed E-state index contributed by atoms with van der Waals surface area (Å²) >= 11 is 6.59. The molecule has 3 aromatic rings. The molecule has 1 fully saturated rings. The summed E-state index contributed by atoms with van der Waals surface area (Å²) in [5.41, 5.74) is 8.45. The molecule has 1 aliphatic rings. The summed E-state index contributed by atoms with van der Waals surface area (Å²) in [4.78, 5) is 20.7. The molecule has 1 aromatic heterocycles. The molecule has 6 heteroatoms. The summed E-state index contributed by atoms with van der Waals surface area (Å²) in [6.45, 7) is 1.80. The van der Waals surface area contributed by atoms with Crippen molar-refractivity contribution in [3.05, 3.63) is 82.6 Å². The van der Waals surface area contributed by atoms with Gasteiger partial charge in [-0.15, -0.1) is 0 Å². The molecule has 2 aromatic carbocycles. The lowest BCUT2D eigenvalue weighted by Gasteiger charge is -2.38. The van der Waals surface area contributed by atoms with Crippen molar-refractivity contribution in [1.29, 1.82) is 0 Å². The van der Waals surface area contributed by atoms with Gasteiger partial charge in [0.1, 0.15) is 0 Å². The first-order chi connectivity index (χ1) is 13.6. The second-order valence-electron chi connectivity index (χ2n) is 7.02. The van der Waals surface area contributed by atoms with Crippen LogP contribution in [-0.4, -0.2) is 29.0 Å². The molecule has 1 saturated heterocycles. The van der Waals surface area contributed by atoms with E-state index in [0.29, 0.717) is 11.4 Å². The molecule has 2 heterocycles. The second-order valence-corrected chi connectivity index (χ2v) is 7.43. The van der Waals surface area contributed by atoms with Crippen LogP contribution in [0.1, 0.15) is 34.5 Å². The van der Waals surface area contributed by atoms with E-state index in [-0.39, 0.29) is 5.41 Å². The predicted octanol–water partition coefficient (Wildman–Crippen LogP) is 3.57.